The highest BCUT2D eigenvalue weighted by atomic mass is 19.1. The fraction of sp³-hybridized carbons (Fsp3) is 0.259. The summed E-state index contributed by atoms with van der Waals surface area (Å²) in [5.41, 5.74) is 2.60. The van der Waals surface area contributed by atoms with Crippen molar-refractivity contribution in [2.75, 3.05) is 26.2 Å². The lowest BCUT2D eigenvalue weighted by molar-refractivity contribution is -0.133. The molecule has 36 heavy (non-hydrogen) atoms. The van der Waals surface area contributed by atoms with Crippen molar-refractivity contribution in [3.8, 4) is 11.4 Å². The van der Waals surface area contributed by atoms with Crippen molar-refractivity contribution in [2.24, 2.45) is 0 Å². The molecule has 2 aromatic heterocycles. The molecule has 0 atom stereocenters. The summed E-state index contributed by atoms with van der Waals surface area (Å²) < 4.78 is 32.4. The van der Waals surface area contributed by atoms with Gasteiger partial charge in [0.2, 0.25) is 17.6 Å². The number of carbonyl (C=O) groups excluding carboxylic acids is 1. The smallest absolute Gasteiger partial charge is 0.227 e. The number of pyridine rings is 1. The summed E-state index contributed by atoms with van der Waals surface area (Å²) in [6, 6.07) is 16.2. The number of halogens is 2. The fourth-order valence-corrected chi connectivity index (χ4v) is 4.47. The van der Waals surface area contributed by atoms with Crippen LogP contribution in [-0.2, 0) is 11.2 Å². The van der Waals surface area contributed by atoms with Gasteiger partial charge >= 0.3 is 0 Å². The standard InChI is InChI=1S/C27H25F2N5O2/c28-22-7-3-19(4-8-22)26(20-5-9-23(29)10-6-20)34-16-14-33(15-17-34)25(35)12-11-24-31-27(32-36-24)21-2-1-13-30-18-21/h1-10,13,18,26H,11-12,14-17H2. The molecule has 9 heteroatoms. The number of carbonyl (C=O) groups is 1. The van der Waals surface area contributed by atoms with Gasteiger partial charge in [0.15, 0.2) is 0 Å². The summed E-state index contributed by atoms with van der Waals surface area (Å²) in [5, 5.41) is 3.97. The highest BCUT2D eigenvalue weighted by Gasteiger charge is 2.28. The third-order valence-corrected chi connectivity index (χ3v) is 6.34. The quantitative estimate of drug-likeness (QED) is 0.386. The predicted octanol–water partition coefficient (Wildman–Crippen LogP) is 4.28. The van der Waals surface area contributed by atoms with E-state index in [9.17, 15) is 13.6 Å². The maximum absolute atomic E-state index is 13.5. The van der Waals surface area contributed by atoms with Crippen LogP contribution in [0.15, 0.2) is 77.6 Å². The van der Waals surface area contributed by atoms with Crippen LogP contribution in [0.5, 0.6) is 0 Å². The number of hydrogen-bond donors (Lipinski definition) is 0. The number of benzene rings is 2. The molecule has 5 rings (SSSR count). The van der Waals surface area contributed by atoms with Gasteiger partial charge in [0.05, 0.1) is 6.04 Å². The molecular weight excluding hydrogens is 464 g/mol. The lowest BCUT2D eigenvalue weighted by atomic mass is 9.96. The van der Waals surface area contributed by atoms with E-state index >= 15 is 0 Å². The third kappa shape index (κ3) is 5.46. The third-order valence-electron chi connectivity index (χ3n) is 6.34. The maximum atomic E-state index is 13.5. The first-order chi connectivity index (χ1) is 17.6. The van der Waals surface area contributed by atoms with Crippen LogP contribution in [0.2, 0.25) is 0 Å². The van der Waals surface area contributed by atoms with Crippen LogP contribution in [-0.4, -0.2) is 57.0 Å². The highest BCUT2D eigenvalue weighted by Crippen LogP contribution is 2.30. The Bertz CT molecular complexity index is 1240. The van der Waals surface area contributed by atoms with E-state index in [0.717, 1.165) is 16.7 Å². The summed E-state index contributed by atoms with van der Waals surface area (Å²) in [6.07, 6.45) is 3.96. The largest absolute Gasteiger partial charge is 0.340 e. The molecule has 0 aliphatic carbocycles. The van der Waals surface area contributed by atoms with Crippen LogP contribution in [0.25, 0.3) is 11.4 Å². The highest BCUT2D eigenvalue weighted by molar-refractivity contribution is 5.76. The van der Waals surface area contributed by atoms with Crippen molar-refractivity contribution in [1.82, 2.24) is 24.9 Å². The van der Waals surface area contributed by atoms with Gasteiger partial charge in [-0.05, 0) is 47.5 Å². The number of hydrogen-bond acceptors (Lipinski definition) is 6. The van der Waals surface area contributed by atoms with Gasteiger partial charge in [0, 0.05) is 57.0 Å². The molecule has 0 saturated carbocycles. The molecule has 1 aliphatic heterocycles. The molecule has 0 N–H and O–H groups in total. The van der Waals surface area contributed by atoms with Crippen LogP contribution < -0.4 is 0 Å². The molecule has 1 amide bonds. The second-order valence-electron chi connectivity index (χ2n) is 8.68. The molecule has 2 aromatic carbocycles. The Labute approximate surface area is 207 Å². The molecule has 7 nitrogen and oxygen atoms in total. The zero-order valence-corrected chi connectivity index (χ0v) is 19.6. The van der Waals surface area contributed by atoms with Gasteiger partial charge in [-0.2, -0.15) is 4.98 Å². The number of nitrogens with zero attached hydrogens (tertiary/aromatic N) is 5. The van der Waals surface area contributed by atoms with E-state index in [1.165, 1.54) is 24.3 Å². The second kappa shape index (κ2) is 10.7. The average Bonchev–Trinajstić information content (AvgIpc) is 3.40. The summed E-state index contributed by atoms with van der Waals surface area (Å²) in [6.45, 7) is 2.39. The summed E-state index contributed by atoms with van der Waals surface area (Å²) in [7, 11) is 0. The minimum atomic E-state index is -0.305. The van der Waals surface area contributed by atoms with Gasteiger partial charge in [0.1, 0.15) is 11.6 Å². The van der Waals surface area contributed by atoms with Crippen LogP contribution in [0.4, 0.5) is 8.78 Å². The van der Waals surface area contributed by atoms with Crippen molar-refractivity contribution < 1.29 is 18.1 Å². The van der Waals surface area contributed by atoms with Crippen molar-refractivity contribution in [1.29, 1.82) is 0 Å². The van der Waals surface area contributed by atoms with Gasteiger partial charge in [-0.3, -0.25) is 14.7 Å². The van der Waals surface area contributed by atoms with Gasteiger partial charge in [-0.15, -0.1) is 0 Å². The molecular formula is C27H25F2N5O2. The molecule has 1 fully saturated rings. The van der Waals surface area contributed by atoms with Crippen molar-refractivity contribution >= 4 is 5.91 Å². The molecule has 1 saturated heterocycles. The fourth-order valence-electron chi connectivity index (χ4n) is 4.47. The average molecular weight is 490 g/mol. The number of piperazine rings is 1. The number of rotatable bonds is 7. The first-order valence-corrected chi connectivity index (χ1v) is 11.8. The zero-order chi connectivity index (χ0) is 24.9. The van der Waals surface area contributed by atoms with E-state index < -0.39 is 0 Å². The van der Waals surface area contributed by atoms with E-state index in [1.807, 2.05) is 11.0 Å². The van der Waals surface area contributed by atoms with Crippen LogP contribution >= 0.6 is 0 Å². The topological polar surface area (TPSA) is 75.4 Å². The normalized spacial score (nSPS) is 14.4. The van der Waals surface area contributed by atoms with E-state index in [0.29, 0.717) is 44.3 Å². The molecule has 0 spiro atoms. The lowest BCUT2D eigenvalue weighted by Gasteiger charge is -2.39. The summed E-state index contributed by atoms with van der Waals surface area (Å²) in [5.74, 6) is 0.276. The second-order valence-corrected chi connectivity index (χ2v) is 8.68. The van der Waals surface area contributed by atoms with Gasteiger partial charge < -0.3 is 9.42 Å². The number of aromatic nitrogens is 3. The van der Waals surface area contributed by atoms with Gasteiger partial charge in [0.25, 0.3) is 0 Å². The SMILES string of the molecule is O=C(CCc1nc(-c2cccnc2)no1)N1CCN(C(c2ccc(F)cc2)c2ccc(F)cc2)CC1. The van der Waals surface area contributed by atoms with Gasteiger partial charge in [-0.1, -0.05) is 29.4 Å². The predicted molar refractivity (Wildman–Crippen MR) is 129 cm³/mol. The number of aryl methyl sites for hydroxylation is 1. The Kier molecular flexibility index (Phi) is 7.08. The summed E-state index contributed by atoms with van der Waals surface area (Å²) >= 11 is 0. The van der Waals surface area contributed by atoms with Crippen LogP contribution in [0, 0.1) is 11.6 Å². The Morgan fingerprint density at radius 3 is 2.14 bits per heavy atom. The van der Waals surface area contributed by atoms with E-state index in [-0.39, 0.29) is 30.0 Å². The molecule has 3 heterocycles. The van der Waals surface area contributed by atoms with Crippen LogP contribution in [0.3, 0.4) is 0 Å². The first kappa shape index (κ1) is 23.7. The van der Waals surface area contributed by atoms with Crippen LogP contribution in [0.1, 0.15) is 29.5 Å². The maximum Gasteiger partial charge on any atom is 0.227 e. The van der Waals surface area contributed by atoms with Crippen molar-refractivity contribution in [2.45, 2.75) is 18.9 Å². The Morgan fingerprint density at radius 1 is 0.917 bits per heavy atom. The molecule has 1 aliphatic rings. The van der Waals surface area contributed by atoms with Crippen molar-refractivity contribution in [3.63, 3.8) is 0 Å². The molecule has 184 valence electrons. The van der Waals surface area contributed by atoms with E-state index in [2.05, 4.69) is 20.0 Å². The number of amides is 1. The molecule has 0 radical (unpaired) electrons. The Morgan fingerprint density at radius 2 is 1.56 bits per heavy atom. The zero-order valence-electron chi connectivity index (χ0n) is 19.6. The monoisotopic (exact) mass is 489 g/mol. The Balaban J connectivity index is 1.20. The minimum Gasteiger partial charge on any atom is -0.340 e. The van der Waals surface area contributed by atoms with E-state index in [4.69, 9.17) is 4.52 Å². The van der Waals surface area contributed by atoms with Gasteiger partial charge in [-0.25, -0.2) is 8.78 Å². The summed E-state index contributed by atoms with van der Waals surface area (Å²) in [4.78, 5) is 25.3. The minimum absolute atomic E-state index is 0.0240. The Hall–Kier alpha value is -3.98. The van der Waals surface area contributed by atoms with Crippen molar-refractivity contribution in [3.05, 3.63) is 102 Å². The van der Waals surface area contributed by atoms with E-state index in [1.54, 1.807) is 42.7 Å². The first-order valence-electron chi connectivity index (χ1n) is 11.8. The lowest BCUT2D eigenvalue weighted by Crippen LogP contribution is -2.49. The molecule has 4 aromatic rings. The molecule has 0 bridgehead atoms. The molecule has 0 unspecified atom stereocenters.